The second-order valence-corrected chi connectivity index (χ2v) is 6.71. The van der Waals surface area contributed by atoms with E-state index in [0.29, 0.717) is 16.5 Å². The summed E-state index contributed by atoms with van der Waals surface area (Å²) in [5.41, 5.74) is 0.573. The van der Waals surface area contributed by atoms with Crippen LogP contribution >= 0.6 is 0 Å². The number of hydrogen-bond donors (Lipinski definition) is 1. The van der Waals surface area contributed by atoms with Gasteiger partial charge < -0.3 is 5.32 Å². The number of amides is 3. The molecule has 1 aromatic heterocycles. The predicted molar refractivity (Wildman–Crippen MR) is 97.7 cm³/mol. The molecule has 0 saturated carbocycles. The summed E-state index contributed by atoms with van der Waals surface area (Å²) < 4.78 is 1.01. The van der Waals surface area contributed by atoms with Crippen LogP contribution in [0.2, 0.25) is 0 Å². The van der Waals surface area contributed by atoms with Gasteiger partial charge in [-0.1, -0.05) is 47.2 Å². The Morgan fingerprint density at radius 3 is 2.48 bits per heavy atom. The van der Waals surface area contributed by atoms with E-state index in [9.17, 15) is 14.4 Å². The fourth-order valence-electron chi connectivity index (χ4n) is 3.16. The van der Waals surface area contributed by atoms with Gasteiger partial charge in [0, 0.05) is 0 Å². The van der Waals surface area contributed by atoms with Gasteiger partial charge in [0.05, 0.1) is 5.39 Å². The highest BCUT2D eigenvalue weighted by atomic mass is 16.2. The van der Waals surface area contributed by atoms with Crippen molar-refractivity contribution in [2.24, 2.45) is 0 Å². The Morgan fingerprint density at radius 1 is 1.04 bits per heavy atom. The largest absolute Gasteiger partial charge is 0.326 e. The molecule has 0 unspecified atom stereocenters. The Balaban J connectivity index is 1.68. The molecule has 1 atom stereocenters. The first-order chi connectivity index (χ1) is 12.9. The summed E-state index contributed by atoms with van der Waals surface area (Å²) >= 11 is 0. The molecular formula is C19H17N5O3. The number of nitrogens with zero attached hydrogens (tertiary/aromatic N) is 4. The number of imide groups is 1. The first kappa shape index (κ1) is 16.9. The van der Waals surface area contributed by atoms with Crippen molar-refractivity contribution in [3.8, 4) is 0 Å². The van der Waals surface area contributed by atoms with E-state index < -0.39 is 23.0 Å². The maximum Gasteiger partial charge on any atom is 0.326 e. The smallest absolute Gasteiger partial charge is 0.319 e. The Morgan fingerprint density at radius 2 is 1.74 bits per heavy atom. The number of aromatic nitrogens is 3. The molecular weight excluding hydrogens is 346 g/mol. The highest BCUT2D eigenvalue weighted by molar-refractivity contribution is 6.06. The quantitative estimate of drug-likeness (QED) is 0.712. The molecule has 1 fully saturated rings. The van der Waals surface area contributed by atoms with Gasteiger partial charge in [-0.2, -0.15) is 4.68 Å². The average Bonchev–Trinajstić information content (AvgIpc) is 2.88. The highest BCUT2D eigenvalue weighted by Gasteiger charge is 2.49. The van der Waals surface area contributed by atoms with Crippen LogP contribution in [-0.2, 0) is 17.0 Å². The summed E-state index contributed by atoms with van der Waals surface area (Å²) in [5.74, 6) is -0.446. The Kier molecular flexibility index (Phi) is 3.76. The van der Waals surface area contributed by atoms with Gasteiger partial charge in [0.1, 0.15) is 17.7 Å². The van der Waals surface area contributed by atoms with E-state index in [-0.39, 0.29) is 6.67 Å². The lowest BCUT2D eigenvalue weighted by Gasteiger charge is -2.22. The van der Waals surface area contributed by atoms with Crippen molar-refractivity contribution in [2.75, 3.05) is 0 Å². The Labute approximate surface area is 154 Å². The van der Waals surface area contributed by atoms with Crippen molar-refractivity contribution in [3.05, 3.63) is 70.0 Å². The molecule has 0 spiro atoms. The van der Waals surface area contributed by atoms with Crippen molar-refractivity contribution in [1.82, 2.24) is 25.2 Å². The molecule has 4 rings (SSSR count). The Hall–Kier alpha value is -3.55. The number of aryl methyl sites for hydroxylation is 1. The van der Waals surface area contributed by atoms with Gasteiger partial charge in [-0.05, 0) is 31.5 Å². The van der Waals surface area contributed by atoms with Crippen LogP contribution in [-0.4, -0.2) is 31.8 Å². The molecule has 0 bridgehead atoms. The van der Waals surface area contributed by atoms with Crippen molar-refractivity contribution in [1.29, 1.82) is 0 Å². The molecule has 1 aliphatic rings. The minimum Gasteiger partial charge on any atom is -0.319 e. The van der Waals surface area contributed by atoms with E-state index in [1.807, 2.05) is 19.1 Å². The Bertz CT molecular complexity index is 1120. The molecule has 1 saturated heterocycles. The number of urea groups is 1. The monoisotopic (exact) mass is 363 g/mol. The van der Waals surface area contributed by atoms with E-state index in [0.717, 1.165) is 15.1 Å². The molecule has 8 heteroatoms. The maximum absolute atomic E-state index is 13.0. The lowest BCUT2D eigenvalue weighted by molar-refractivity contribution is -0.132. The number of carbonyl (C=O) groups is 2. The lowest BCUT2D eigenvalue weighted by atomic mass is 9.91. The molecule has 3 aromatic rings. The topological polar surface area (TPSA) is 97.2 Å². The van der Waals surface area contributed by atoms with Gasteiger partial charge in [-0.25, -0.2) is 9.69 Å². The first-order valence-corrected chi connectivity index (χ1v) is 8.44. The van der Waals surface area contributed by atoms with Crippen LogP contribution in [0.3, 0.4) is 0 Å². The van der Waals surface area contributed by atoms with Crippen LogP contribution in [0.4, 0.5) is 4.79 Å². The van der Waals surface area contributed by atoms with Crippen molar-refractivity contribution >= 4 is 22.8 Å². The van der Waals surface area contributed by atoms with Crippen molar-refractivity contribution in [2.45, 2.75) is 26.1 Å². The van der Waals surface area contributed by atoms with E-state index in [1.54, 1.807) is 43.3 Å². The summed E-state index contributed by atoms with van der Waals surface area (Å²) in [5, 5.41) is 10.9. The highest BCUT2D eigenvalue weighted by Crippen LogP contribution is 2.29. The summed E-state index contributed by atoms with van der Waals surface area (Å²) in [4.78, 5) is 39.0. The summed E-state index contributed by atoms with van der Waals surface area (Å²) in [7, 11) is 0. The van der Waals surface area contributed by atoms with Crippen LogP contribution in [0.15, 0.2) is 53.3 Å². The van der Waals surface area contributed by atoms with Gasteiger partial charge in [-0.15, -0.1) is 5.10 Å². The number of benzene rings is 2. The van der Waals surface area contributed by atoms with E-state index in [4.69, 9.17) is 0 Å². The van der Waals surface area contributed by atoms with Gasteiger partial charge in [-0.3, -0.25) is 9.59 Å². The molecule has 1 N–H and O–H groups in total. The minimum absolute atomic E-state index is 0.303. The van der Waals surface area contributed by atoms with Crippen molar-refractivity contribution < 1.29 is 9.59 Å². The molecule has 1 aliphatic heterocycles. The molecule has 3 amide bonds. The number of carbonyl (C=O) groups excluding carboxylic acids is 2. The number of nitrogens with one attached hydrogen (secondary N) is 1. The zero-order chi connectivity index (χ0) is 19.2. The lowest BCUT2D eigenvalue weighted by Crippen LogP contribution is -2.42. The van der Waals surface area contributed by atoms with Crippen LogP contribution in [0.5, 0.6) is 0 Å². The van der Waals surface area contributed by atoms with Gasteiger partial charge in [0.15, 0.2) is 0 Å². The second kappa shape index (κ2) is 6.01. The van der Waals surface area contributed by atoms with E-state index in [2.05, 4.69) is 15.6 Å². The van der Waals surface area contributed by atoms with Gasteiger partial charge >= 0.3 is 6.03 Å². The zero-order valence-corrected chi connectivity index (χ0v) is 14.8. The van der Waals surface area contributed by atoms with E-state index >= 15 is 0 Å². The number of hydrogen-bond acceptors (Lipinski definition) is 5. The molecule has 0 radical (unpaired) electrons. The zero-order valence-electron chi connectivity index (χ0n) is 14.8. The second-order valence-electron chi connectivity index (χ2n) is 6.71. The first-order valence-electron chi connectivity index (χ1n) is 8.44. The van der Waals surface area contributed by atoms with Crippen LogP contribution in [0.25, 0.3) is 10.9 Å². The summed E-state index contributed by atoms with van der Waals surface area (Å²) in [6.45, 7) is 3.29. The fourth-order valence-corrected chi connectivity index (χ4v) is 3.16. The van der Waals surface area contributed by atoms with Gasteiger partial charge in [0.25, 0.3) is 11.5 Å². The minimum atomic E-state index is -1.20. The fraction of sp³-hybridized carbons (Fsp3) is 0.211. The third kappa shape index (κ3) is 2.66. The molecule has 27 heavy (non-hydrogen) atoms. The third-order valence-electron chi connectivity index (χ3n) is 4.81. The van der Waals surface area contributed by atoms with E-state index in [1.165, 1.54) is 0 Å². The molecule has 2 heterocycles. The number of rotatable bonds is 3. The van der Waals surface area contributed by atoms with Crippen molar-refractivity contribution in [3.63, 3.8) is 0 Å². The molecule has 0 aliphatic carbocycles. The van der Waals surface area contributed by atoms with Crippen LogP contribution in [0.1, 0.15) is 18.1 Å². The summed E-state index contributed by atoms with van der Waals surface area (Å²) in [6, 6.07) is 13.6. The summed E-state index contributed by atoms with van der Waals surface area (Å²) in [6.07, 6.45) is 0. The molecule has 2 aromatic carbocycles. The number of fused-ring (bicyclic) bond motifs is 1. The third-order valence-corrected chi connectivity index (χ3v) is 4.81. The average molecular weight is 363 g/mol. The van der Waals surface area contributed by atoms with Gasteiger partial charge in [0.2, 0.25) is 0 Å². The molecule has 8 nitrogen and oxygen atoms in total. The predicted octanol–water partition coefficient (Wildman–Crippen LogP) is 1.52. The molecule has 136 valence electrons. The normalized spacial score (nSPS) is 19.6. The van der Waals surface area contributed by atoms with Crippen LogP contribution < -0.4 is 10.9 Å². The maximum atomic E-state index is 13.0. The van der Waals surface area contributed by atoms with Crippen LogP contribution in [0, 0.1) is 6.92 Å². The standard InChI is InChI=1S/C19H17N5O3/c1-12-7-9-13(10-8-12)19(2)17(26)23(18(27)20-19)11-24-16(25)14-5-3-4-6-15(14)21-22-24/h3-10H,11H2,1-2H3,(H,20,27)/t19-/m1/s1. The SMILES string of the molecule is Cc1ccc([C@@]2(C)NC(=O)N(Cn3nnc4ccccc4c3=O)C2=O)cc1.